The van der Waals surface area contributed by atoms with Gasteiger partial charge in [0, 0.05) is 17.8 Å². The zero-order chi connectivity index (χ0) is 20.5. The molecule has 0 unspecified atom stereocenters. The summed E-state index contributed by atoms with van der Waals surface area (Å²) in [5, 5.41) is 4.97. The first-order chi connectivity index (χ1) is 13.4. The molecule has 0 spiro atoms. The van der Waals surface area contributed by atoms with E-state index in [1.54, 1.807) is 18.2 Å². The van der Waals surface area contributed by atoms with E-state index < -0.39 is 30.9 Å². The molecule has 0 radical (unpaired) electrons. The molecule has 0 saturated heterocycles. The van der Waals surface area contributed by atoms with Crippen LogP contribution in [0.3, 0.4) is 0 Å². The molecule has 2 amide bonds. The molecule has 9 nitrogen and oxygen atoms in total. The highest BCUT2D eigenvalue weighted by atomic mass is 35.5. The van der Waals surface area contributed by atoms with Crippen LogP contribution in [0.25, 0.3) is 0 Å². The second-order valence-electron chi connectivity index (χ2n) is 5.33. The quantitative estimate of drug-likeness (QED) is 0.505. The third-order valence-electron chi connectivity index (χ3n) is 3.40. The molecule has 0 aliphatic rings. The van der Waals surface area contributed by atoms with Crippen molar-refractivity contribution in [2.45, 2.75) is 0 Å². The summed E-state index contributed by atoms with van der Waals surface area (Å²) in [5.41, 5.74) is 0.540. The normalized spacial score (nSPS) is 9.96. The van der Waals surface area contributed by atoms with Crippen molar-refractivity contribution in [2.24, 2.45) is 0 Å². The number of carbonyl (C=O) groups excluding carboxylic acids is 3. The average Bonchev–Trinajstić information content (AvgIpc) is 2.71. The molecule has 1 aromatic heterocycles. The van der Waals surface area contributed by atoms with Crippen LogP contribution in [0.4, 0.5) is 5.69 Å². The van der Waals surface area contributed by atoms with E-state index in [-0.39, 0.29) is 10.7 Å². The number of rotatable bonds is 8. The molecule has 0 atom stereocenters. The van der Waals surface area contributed by atoms with Gasteiger partial charge in [0.05, 0.1) is 19.9 Å². The molecule has 148 valence electrons. The van der Waals surface area contributed by atoms with Gasteiger partial charge in [-0.3, -0.25) is 14.4 Å². The Kier molecular flexibility index (Phi) is 7.58. The molecule has 2 aromatic rings. The molecule has 0 aliphatic carbocycles. The molecule has 0 fully saturated rings. The summed E-state index contributed by atoms with van der Waals surface area (Å²) >= 11 is 5.82. The van der Waals surface area contributed by atoms with Gasteiger partial charge in [0.15, 0.2) is 11.8 Å². The fourth-order valence-corrected chi connectivity index (χ4v) is 2.22. The highest BCUT2D eigenvalue weighted by Crippen LogP contribution is 2.22. The van der Waals surface area contributed by atoms with E-state index in [4.69, 9.17) is 25.8 Å². The Morgan fingerprint density at radius 1 is 1.11 bits per heavy atom. The molecule has 1 aromatic carbocycles. The van der Waals surface area contributed by atoms with Crippen molar-refractivity contribution in [3.63, 3.8) is 0 Å². The Morgan fingerprint density at radius 3 is 2.39 bits per heavy atom. The molecule has 2 rings (SSSR count). The van der Waals surface area contributed by atoms with Crippen molar-refractivity contribution in [1.29, 1.82) is 0 Å². The van der Waals surface area contributed by atoms with Crippen LogP contribution in [0.2, 0.25) is 5.15 Å². The van der Waals surface area contributed by atoms with E-state index in [1.807, 2.05) is 0 Å². The third kappa shape index (κ3) is 6.13. The van der Waals surface area contributed by atoms with Gasteiger partial charge in [0.25, 0.3) is 11.8 Å². The van der Waals surface area contributed by atoms with Gasteiger partial charge in [-0.1, -0.05) is 11.6 Å². The first-order valence-corrected chi connectivity index (χ1v) is 8.38. The van der Waals surface area contributed by atoms with Crippen LogP contribution in [0, 0.1) is 0 Å². The molecule has 28 heavy (non-hydrogen) atoms. The summed E-state index contributed by atoms with van der Waals surface area (Å²) in [6.07, 6.45) is 1.47. The molecule has 0 aliphatic heterocycles. The number of amides is 2. The number of pyridine rings is 1. The second kappa shape index (κ2) is 10.1. The number of hydrogen-bond acceptors (Lipinski definition) is 7. The number of hydrogen-bond donors (Lipinski definition) is 2. The average molecular weight is 408 g/mol. The van der Waals surface area contributed by atoms with Gasteiger partial charge < -0.3 is 24.8 Å². The highest BCUT2D eigenvalue weighted by Gasteiger charge is 2.13. The van der Waals surface area contributed by atoms with Crippen LogP contribution in [0.1, 0.15) is 10.4 Å². The minimum absolute atomic E-state index is 0.114. The SMILES string of the molecule is COc1cc(OC)cc(C(=O)NCC(=O)OCC(=O)Nc2cccnc2Cl)c1. The molecule has 0 saturated carbocycles. The lowest BCUT2D eigenvalue weighted by atomic mass is 10.2. The van der Waals surface area contributed by atoms with Crippen LogP contribution in [0.15, 0.2) is 36.5 Å². The van der Waals surface area contributed by atoms with Gasteiger partial charge in [-0.15, -0.1) is 0 Å². The summed E-state index contributed by atoms with van der Waals surface area (Å²) in [7, 11) is 2.91. The second-order valence-corrected chi connectivity index (χ2v) is 5.69. The third-order valence-corrected chi connectivity index (χ3v) is 3.71. The minimum Gasteiger partial charge on any atom is -0.497 e. The van der Waals surface area contributed by atoms with Crippen molar-refractivity contribution in [3.8, 4) is 11.5 Å². The number of halogens is 1. The smallest absolute Gasteiger partial charge is 0.325 e. The Hall–Kier alpha value is -3.33. The van der Waals surface area contributed by atoms with Crippen LogP contribution >= 0.6 is 11.6 Å². The van der Waals surface area contributed by atoms with E-state index in [2.05, 4.69) is 15.6 Å². The maximum absolute atomic E-state index is 12.2. The zero-order valence-electron chi connectivity index (χ0n) is 15.2. The predicted octanol–water partition coefficient (Wildman–Crippen LogP) is 1.66. The van der Waals surface area contributed by atoms with E-state index in [0.29, 0.717) is 17.2 Å². The fraction of sp³-hybridized carbons (Fsp3) is 0.222. The summed E-state index contributed by atoms with van der Waals surface area (Å²) < 4.78 is 15.0. The maximum Gasteiger partial charge on any atom is 0.325 e. The molecule has 1 heterocycles. The lowest BCUT2D eigenvalue weighted by Crippen LogP contribution is -2.32. The van der Waals surface area contributed by atoms with Crippen molar-refractivity contribution in [1.82, 2.24) is 10.3 Å². The van der Waals surface area contributed by atoms with E-state index in [1.165, 1.54) is 32.5 Å². The lowest BCUT2D eigenvalue weighted by molar-refractivity contribution is -0.146. The van der Waals surface area contributed by atoms with Crippen molar-refractivity contribution >= 4 is 35.1 Å². The number of aromatic nitrogens is 1. The molecule has 2 N–H and O–H groups in total. The molecular formula is C18H18ClN3O6. The highest BCUT2D eigenvalue weighted by molar-refractivity contribution is 6.32. The van der Waals surface area contributed by atoms with Gasteiger partial charge >= 0.3 is 5.97 Å². The van der Waals surface area contributed by atoms with Crippen molar-refractivity contribution < 1.29 is 28.6 Å². The summed E-state index contributed by atoms with van der Waals surface area (Å²) in [6, 6.07) is 7.75. The van der Waals surface area contributed by atoms with Crippen LogP contribution in [0.5, 0.6) is 11.5 Å². The Morgan fingerprint density at radius 2 is 1.79 bits per heavy atom. The van der Waals surface area contributed by atoms with E-state index in [0.717, 1.165) is 0 Å². The first-order valence-electron chi connectivity index (χ1n) is 8.00. The predicted molar refractivity (Wildman–Crippen MR) is 101 cm³/mol. The number of ether oxygens (including phenoxy) is 3. The van der Waals surface area contributed by atoms with Crippen LogP contribution in [-0.4, -0.2) is 50.1 Å². The topological polar surface area (TPSA) is 116 Å². The monoisotopic (exact) mass is 407 g/mol. The zero-order valence-corrected chi connectivity index (χ0v) is 15.9. The standard InChI is InChI=1S/C18H18ClN3O6/c1-26-12-6-11(7-13(8-12)27-2)18(25)21-9-16(24)28-10-15(23)22-14-4-3-5-20-17(14)19/h3-8H,9-10H2,1-2H3,(H,21,25)(H,22,23). The number of nitrogens with one attached hydrogen (secondary N) is 2. The number of benzene rings is 1. The Labute approximate surface area is 165 Å². The van der Waals surface area contributed by atoms with Crippen LogP contribution in [-0.2, 0) is 14.3 Å². The molecular weight excluding hydrogens is 390 g/mol. The van der Waals surface area contributed by atoms with Gasteiger partial charge in [0.2, 0.25) is 0 Å². The van der Waals surface area contributed by atoms with Gasteiger partial charge in [-0.05, 0) is 24.3 Å². The van der Waals surface area contributed by atoms with Crippen LogP contribution < -0.4 is 20.1 Å². The van der Waals surface area contributed by atoms with E-state index in [9.17, 15) is 14.4 Å². The maximum atomic E-state index is 12.2. The van der Waals surface area contributed by atoms with Crippen molar-refractivity contribution in [2.75, 3.05) is 32.7 Å². The largest absolute Gasteiger partial charge is 0.497 e. The number of nitrogens with zero attached hydrogens (tertiary/aromatic N) is 1. The summed E-state index contributed by atoms with van der Waals surface area (Å²) in [6.45, 7) is -0.952. The van der Waals surface area contributed by atoms with Gasteiger partial charge in [-0.2, -0.15) is 0 Å². The summed E-state index contributed by atoms with van der Waals surface area (Å²) in [5.74, 6) is -1.04. The summed E-state index contributed by atoms with van der Waals surface area (Å²) in [4.78, 5) is 39.5. The number of methoxy groups -OCH3 is 2. The fourth-order valence-electron chi connectivity index (χ4n) is 2.06. The lowest BCUT2D eigenvalue weighted by Gasteiger charge is -2.10. The van der Waals surface area contributed by atoms with E-state index >= 15 is 0 Å². The molecule has 0 bridgehead atoms. The minimum atomic E-state index is -0.782. The van der Waals surface area contributed by atoms with Gasteiger partial charge in [-0.25, -0.2) is 4.98 Å². The van der Waals surface area contributed by atoms with Crippen molar-refractivity contribution in [3.05, 3.63) is 47.2 Å². The number of anilines is 1. The van der Waals surface area contributed by atoms with Gasteiger partial charge in [0.1, 0.15) is 18.0 Å². The number of carbonyl (C=O) groups is 3. The Balaban J connectivity index is 1.81. The number of esters is 1. The molecule has 10 heteroatoms. The Bertz CT molecular complexity index is 852. The first kappa shape index (κ1) is 21.0.